The average Bonchev–Trinajstić information content (AvgIpc) is 2.43. The van der Waals surface area contributed by atoms with Crippen molar-refractivity contribution < 1.29 is 0 Å². The molecule has 0 aliphatic carbocycles. The van der Waals surface area contributed by atoms with Gasteiger partial charge in [-0.2, -0.15) is 11.8 Å². The molecular weight excluding hydrogens is 300 g/mol. The Labute approximate surface area is 139 Å². The molecule has 21 heavy (non-hydrogen) atoms. The standard InChI is InChI=1S/C17H29ClN2S/c1-13(2)11-19-12-15-6-7-17(16(18)10-15)20(4)14(3)8-9-21-5/h6-7,10,13-14,19H,8-9,11-12H2,1-5H3. The molecule has 0 amide bonds. The molecule has 1 unspecified atom stereocenters. The Morgan fingerprint density at radius 1 is 1.29 bits per heavy atom. The minimum absolute atomic E-state index is 0.500. The zero-order chi connectivity index (χ0) is 15.8. The van der Waals surface area contributed by atoms with E-state index < -0.39 is 0 Å². The zero-order valence-electron chi connectivity index (χ0n) is 13.9. The van der Waals surface area contributed by atoms with Gasteiger partial charge in [0.2, 0.25) is 0 Å². The van der Waals surface area contributed by atoms with Crippen molar-refractivity contribution in [1.29, 1.82) is 0 Å². The van der Waals surface area contributed by atoms with Crippen LogP contribution in [-0.2, 0) is 6.54 Å². The maximum atomic E-state index is 6.47. The van der Waals surface area contributed by atoms with Crippen molar-refractivity contribution in [1.82, 2.24) is 5.32 Å². The first-order chi connectivity index (χ1) is 9.95. The van der Waals surface area contributed by atoms with Gasteiger partial charge in [-0.05, 0) is 55.5 Å². The predicted octanol–water partition coefficient (Wildman–Crippen LogP) is 4.66. The number of thioether (sulfide) groups is 1. The molecule has 0 heterocycles. The lowest BCUT2D eigenvalue weighted by Gasteiger charge is -2.28. The van der Waals surface area contributed by atoms with E-state index in [0.29, 0.717) is 12.0 Å². The Morgan fingerprint density at radius 3 is 2.57 bits per heavy atom. The van der Waals surface area contributed by atoms with Gasteiger partial charge >= 0.3 is 0 Å². The molecule has 1 aromatic rings. The largest absolute Gasteiger partial charge is 0.371 e. The molecule has 0 radical (unpaired) electrons. The minimum Gasteiger partial charge on any atom is -0.371 e. The molecule has 4 heteroatoms. The van der Waals surface area contributed by atoms with Gasteiger partial charge in [0.1, 0.15) is 0 Å². The van der Waals surface area contributed by atoms with E-state index in [1.165, 1.54) is 17.7 Å². The van der Waals surface area contributed by atoms with Gasteiger partial charge in [-0.15, -0.1) is 0 Å². The molecule has 0 fully saturated rings. The summed E-state index contributed by atoms with van der Waals surface area (Å²) in [6.45, 7) is 8.60. The lowest BCUT2D eigenvalue weighted by Crippen LogP contribution is -2.29. The maximum Gasteiger partial charge on any atom is 0.0642 e. The summed E-state index contributed by atoms with van der Waals surface area (Å²) in [7, 11) is 2.13. The second-order valence-electron chi connectivity index (χ2n) is 6.05. The topological polar surface area (TPSA) is 15.3 Å². The summed E-state index contributed by atoms with van der Waals surface area (Å²) in [6, 6.07) is 6.90. The molecule has 1 atom stereocenters. The molecule has 1 rings (SSSR count). The zero-order valence-corrected chi connectivity index (χ0v) is 15.5. The molecule has 0 aromatic heterocycles. The van der Waals surface area contributed by atoms with Crippen LogP contribution in [0.2, 0.25) is 5.02 Å². The predicted molar refractivity (Wildman–Crippen MR) is 98.9 cm³/mol. The fourth-order valence-corrected chi connectivity index (χ4v) is 3.08. The van der Waals surface area contributed by atoms with Crippen LogP contribution in [0.4, 0.5) is 5.69 Å². The minimum atomic E-state index is 0.500. The van der Waals surface area contributed by atoms with Crippen molar-refractivity contribution in [3.8, 4) is 0 Å². The first kappa shape index (κ1) is 18.7. The highest BCUT2D eigenvalue weighted by atomic mass is 35.5. The van der Waals surface area contributed by atoms with Crippen molar-refractivity contribution in [3.05, 3.63) is 28.8 Å². The van der Waals surface area contributed by atoms with Gasteiger partial charge in [-0.1, -0.05) is 31.5 Å². The molecule has 0 saturated carbocycles. The van der Waals surface area contributed by atoms with Gasteiger partial charge in [0.05, 0.1) is 10.7 Å². The molecule has 0 aliphatic heterocycles. The van der Waals surface area contributed by atoms with Crippen molar-refractivity contribution in [2.75, 3.05) is 30.5 Å². The van der Waals surface area contributed by atoms with E-state index in [2.05, 4.69) is 62.5 Å². The molecule has 0 aliphatic rings. The van der Waals surface area contributed by atoms with Gasteiger partial charge < -0.3 is 10.2 Å². The van der Waals surface area contributed by atoms with E-state index in [1.807, 2.05) is 11.8 Å². The molecule has 0 bridgehead atoms. The summed E-state index contributed by atoms with van der Waals surface area (Å²) >= 11 is 8.36. The fraction of sp³-hybridized carbons (Fsp3) is 0.647. The number of hydrogen-bond donors (Lipinski definition) is 1. The first-order valence-electron chi connectivity index (χ1n) is 7.66. The van der Waals surface area contributed by atoms with Crippen molar-refractivity contribution in [2.24, 2.45) is 5.92 Å². The van der Waals surface area contributed by atoms with E-state index in [1.54, 1.807) is 0 Å². The number of hydrogen-bond acceptors (Lipinski definition) is 3. The average molecular weight is 329 g/mol. The van der Waals surface area contributed by atoms with E-state index in [9.17, 15) is 0 Å². The van der Waals surface area contributed by atoms with E-state index in [0.717, 1.165) is 23.8 Å². The lowest BCUT2D eigenvalue weighted by atomic mass is 10.1. The summed E-state index contributed by atoms with van der Waals surface area (Å²) < 4.78 is 0. The summed E-state index contributed by atoms with van der Waals surface area (Å²) in [5.41, 5.74) is 2.37. The van der Waals surface area contributed by atoms with E-state index in [-0.39, 0.29) is 0 Å². The van der Waals surface area contributed by atoms with Crippen LogP contribution in [0, 0.1) is 5.92 Å². The van der Waals surface area contributed by atoms with E-state index in [4.69, 9.17) is 11.6 Å². The monoisotopic (exact) mass is 328 g/mol. The second-order valence-corrected chi connectivity index (χ2v) is 7.44. The van der Waals surface area contributed by atoms with Gasteiger partial charge in [-0.3, -0.25) is 0 Å². The quantitative estimate of drug-likeness (QED) is 0.709. The second kappa shape index (κ2) is 9.60. The SMILES string of the molecule is CSCCC(C)N(C)c1ccc(CNCC(C)C)cc1Cl. The Morgan fingerprint density at radius 2 is 2.00 bits per heavy atom. The number of halogens is 1. The van der Waals surface area contributed by atoms with Crippen molar-refractivity contribution in [3.63, 3.8) is 0 Å². The summed E-state index contributed by atoms with van der Waals surface area (Å²) in [5.74, 6) is 1.85. The molecular formula is C17H29ClN2S. The molecule has 0 saturated heterocycles. The van der Waals surface area contributed by atoms with Crippen molar-refractivity contribution >= 4 is 29.1 Å². The molecule has 2 nitrogen and oxygen atoms in total. The highest BCUT2D eigenvalue weighted by Gasteiger charge is 2.13. The number of rotatable bonds is 9. The number of benzene rings is 1. The molecule has 0 spiro atoms. The first-order valence-corrected chi connectivity index (χ1v) is 9.43. The van der Waals surface area contributed by atoms with Gasteiger partial charge in [0.25, 0.3) is 0 Å². The molecule has 1 aromatic carbocycles. The van der Waals surface area contributed by atoms with Crippen LogP contribution in [0.25, 0.3) is 0 Å². The van der Waals surface area contributed by atoms with Gasteiger partial charge in [0, 0.05) is 19.6 Å². The molecule has 1 N–H and O–H groups in total. The number of nitrogens with zero attached hydrogens (tertiary/aromatic N) is 1. The van der Waals surface area contributed by atoms with Crippen LogP contribution >= 0.6 is 23.4 Å². The van der Waals surface area contributed by atoms with Crippen LogP contribution in [0.3, 0.4) is 0 Å². The Kier molecular flexibility index (Phi) is 8.53. The third kappa shape index (κ3) is 6.50. The van der Waals surface area contributed by atoms with Gasteiger partial charge in [-0.25, -0.2) is 0 Å². The highest BCUT2D eigenvalue weighted by Crippen LogP contribution is 2.28. The lowest BCUT2D eigenvalue weighted by molar-refractivity contribution is 0.552. The summed E-state index contributed by atoms with van der Waals surface area (Å²) in [6.07, 6.45) is 3.32. The third-order valence-electron chi connectivity index (χ3n) is 3.67. The van der Waals surface area contributed by atoms with Gasteiger partial charge in [0.15, 0.2) is 0 Å². The summed E-state index contributed by atoms with van der Waals surface area (Å²) in [4.78, 5) is 2.28. The Bertz CT molecular complexity index is 423. The third-order valence-corrected chi connectivity index (χ3v) is 4.62. The normalized spacial score (nSPS) is 12.7. The summed E-state index contributed by atoms with van der Waals surface area (Å²) in [5, 5.41) is 4.30. The van der Waals surface area contributed by atoms with Crippen LogP contribution in [0.5, 0.6) is 0 Å². The van der Waals surface area contributed by atoms with Crippen LogP contribution in [0.15, 0.2) is 18.2 Å². The number of anilines is 1. The number of nitrogens with one attached hydrogen (secondary N) is 1. The Hall–Kier alpha value is -0.380. The Balaban J connectivity index is 2.64. The van der Waals surface area contributed by atoms with E-state index >= 15 is 0 Å². The highest BCUT2D eigenvalue weighted by molar-refractivity contribution is 7.98. The van der Waals surface area contributed by atoms with Crippen LogP contribution < -0.4 is 10.2 Å². The fourth-order valence-electron chi connectivity index (χ4n) is 2.17. The van der Waals surface area contributed by atoms with Crippen LogP contribution in [0.1, 0.15) is 32.8 Å². The molecule has 120 valence electrons. The maximum absolute atomic E-state index is 6.47. The van der Waals surface area contributed by atoms with Crippen molar-refractivity contribution in [2.45, 2.75) is 39.8 Å². The smallest absolute Gasteiger partial charge is 0.0642 e. The van der Waals surface area contributed by atoms with Crippen LogP contribution in [-0.4, -0.2) is 31.6 Å².